The number of aryl methyl sites for hydroxylation is 2. The van der Waals surface area contributed by atoms with Crippen molar-refractivity contribution in [3.8, 4) is 0 Å². The standard InChI is InChI=1S/C16H28N2/c1-6-8-12(3)9-16(17-7-2)15-10-13(4)18-14(5)11-15/h10-12,16-17H,6-9H2,1-5H3. The topological polar surface area (TPSA) is 24.9 Å². The van der Waals surface area contributed by atoms with E-state index >= 15 is 0 Å². The maximum absolute atomic E-state index is 4.46. The molecule has 18 heavy (non-hydrogen) atoms. The van der Waals surface area contributed by atoms with Gasteiger partial charge in [0.15, 0.2) is 0 Å². The molecule has 1 rings (SSSR count). The molecule has 0 bridgehead atoms. The predicted octanol–water partition coefficient (Wildman–Crippen LogP) is 4.18. The maximum Gasteiger partial charge on any atom is 0.0379 e. The van der Waals surface area contributed by atoms with E-state index < -0.39 is 0 Å². The summed E-state index contributed by atoms with van der Waals surface area (Å²) >= 11 is 0. The van der Waals surface area contributed by atoms with Gasteiger partial charge in [-0.3, -0.25) is 4.98 Å². The first-order valence-corrected chi connectivity index (χ1v) is 7.25. The quantitative estimate of drug-likeness (QED) is 0.783. The molecule has 0 aromatic carbocycles. The van der Waals surface area contributed by atoms with Crippen LogP contribution in [0.5, 0.6) is 0 Å². The van der Waals surface area contributed by atoms with Crippen molar-refractivity contribution in [2.75, 3.05) is 6.54 Å². The zero-order chi connectivity index (χ0) is 13.5. The molecule has 2 unspecified atom stereocenters. The molecule has 2 atom stereocenters. The Bertz CT molecular complexity index is 340. The molecule has 0 amide bonds. The average molecular weight is 248 g/mol. The minimum atomic E-state index is 0.469. The van der Waals surface area contributed by atoms with Gasteiger partial charge in [-0.2, -0.15) is 0 Å². The van der Waals surface area contributed by atoms with Gasteiger partial charge in [0.25, 0.3) is 0 Å². The van der Waals surface area contributed by atoms with Crippen molar-refractivity contribution in [3.63, 3.8) is 0 Å². The highest BCUT2D eigenvalue weighted by molar-refractivity contribution is 5.23. The van der Waals surface area contributed by atoms with Gasteiger partial charge in [-0.15, -0.1) is 0 Å². The van der Waals surface area contributed by atoms with Crippen molar-refractivity contribution < 1.29 is 0 Å². The molecule has 102 valence electrons. The Morgan fingerprint density at radius 2 is 1.78 bits per heavy atom. The molecule has 0 aliphatic carbocycles. The van der Waals surface area contributed by atoms with Crippen LogP contribution in [0.2, 0.25) is 0 Å². The predicted molar refractivity (Wildman–Crippen MR) is 78.8 cm³/mol. The molecule has 1 aromatic rings. The van der Waals surface area contributed by atoms with Gasteiger partial charge in [-0.05, 0) is 50.4 Å². The molecule has 0 saturated heterocycles. The molecule has 2 heteroatoms. The number of aromatic nitrogens is 1. The third-order valence-electron chi connectivity index (χ3n) is 3.38. The van der Waals surface area contributed by atoms with Crippen molar-refractivity contribution in [2.45, 2.75) is 59.9 Å². The number of rotatable bonds is 7. The highest BCUT2D eigenvalue weighted by atomic mass is 14.9. The lowest BCUT2D eigenvalue weighted by atomic mass is 9.92. The number of pyridine rings is 1. The van der Waals surface area contributed by atoms with Crippen LogP contribution >= 0.6 is 0 Å². The summed E-state index contributed by atoms with van der Waals surface area (Å²) in [5, 5.41) is 3.61. The summed E-state index contributed by atoms with van der Waals surface area (Å²) in [6, 6.07) is 4.91. The zero-order valence-electron chi connectivity index (χ0n) is 12.6. The second-order valence-corrected chi connectivity index (χ2v) is 5.42. The summed E-state index contributed by atoms with van der Waals surface area (Å²) in [5.41, 5.74) is 3.64. The van der Waals surface area contributed by atoms with Gasteiger partial charge in [0, 0.05) is 17.4 Å². The maximum atomic E-state index is 4.46. The summed E-state index contributed by atoms with van der Waals surface area (Å²) in [6.07, 6.45) is 3.80. The van der Waals surface area contributed by atoms with Gasteiger partial charge in [0.05, 0.1) is 0 Å². The fourth-order valence-corrected chi connectivity index (χ4v) is 2.66. The van der Waals surface area contributed by atoms with Crippen molar-refractivity contribution in [1.82, 2.24) is 10.3 Å². The lowest BCUT2D eigenvalue weighted by Gasteiger charge is -2.22. The van der Waals surface area contributed by atoms with Gasteiger partial charge in [0.2, 0.25) is 0 Å². The van der Waals surface area contributed by atoms with E-state index in [1.165, 1.54) is 24.8 Å². The molecule has 1 N–H and O–H groups in total. The monoisotopic (exact) mass is 248 g/mol. The first-order chi connectivity index (χ1) is 8.56. The van der Waals surface area contributed by atoms with Gasteiger partial charge < -0.3 is 5.32 Å². The fourth-order valence-electron chi connectivity index (χ4n) is 2.66. The van der Waals surface area contributed by atoms with Crippen LogP contribution in [-0.2, 0) is 0 Å². The van der Waals surface area contributed by atoms with Crippen molar-refractivity contribution in [1.29, 1.82) is 0 Å². The lowest BCUT2D eigenvalue weighted by Crippen LogP contribution is -2.23. The third kappa shape index (κ3) is 4.77. The van der Waals surface area contributed by atoms with Crippen LogP contribution in [0.4, 0.5) is 0 Å². The molecule has 0 radical (unpaired) electrons. The normalized spacial score (nSPS) is 14.5. The van der Waals surface area contributed by atoms with Gasteiger partial charge in [-0.1, -0.05) is 33.6 Å². The van der Waals surface area contributed by atoms with Crippen molar-refractivity contribution in [3.05, 3.63) is 29.1 Å². The van der Waals surface area contributed by atoms with E-state index in [0.717, 1.165) is 23.9 Å². The van der Waals surface area contributed by atoms with Crippen LogP contribution in [0.15, 0.2) is 12.1 Å². The highest BCUT2D eigenvalue weighted by Crippen LogP contribution is 2.24. The summed E-state index contributed by atoms with van der Waals surface area (Å²) < 4.78 is 0. The Morgan fingerprint density at radius 1 is 1.17 bits per heavy atom. The molecular formula is C16H28N2. The Kier molecular flexibility index (Phi) is 6.34. The number of hydrogen-bond donors (Lipinski definition) is 1. The van der Waals surface area contributed by atoms with Crippen molar-refractivity contribution >= 4 is 0 Å². The molecule has 0 saturated carbocycles. The largest absolute Gasteiger partial charge is 0.310 e. The van der Waals surface area contributed by atoms with E-state index in [4.69, 9.17) is 0 Å². The first kappa shape index (κ1) is 15.2. The number of nitrogens with one attached hydrogen (secondary N) is 1. The van der Waals surface area contributed by atoms with E-state index in [1.54, 1.807) is 0 Å². The second-order valence-electron chi connectivity index (χ2n) is 5.42. The number of hydrogen-bond acceptors (Lipinski definition) is 2. The second kappa shape index (κ2) is 7.52. The summed E-state index contributed by atoms with van der Waals surface area (Å²) in [7, 11) is 0. The van der Waals surface area contributed by atoms with Crippen molar-refractivity contribution in [2.24, 2.45) is 5.92 Å². The van der Waals surface area contributed by atoms with E-state index in [9.17, 15) is 0 Å². The Balaban J connectivity index is 2.82. The summed E-state index contributed by atoms with van der Waals surface area (Å²) in [4.78, 5) is 4.46. The minimum absolute atomic E-state index is 0.469. The van der Waals surface area contributed by atoms with Crippen LogP contribution in [0.1, 0.15) is 63.0 Å². The van der Waals surface area contributed by atoms with Gasteiger partial charge in [0.1, 0.15) is 0 Å². The SMILES string of the molecule is CCCC(C)CC(NCC)c1cc(C)nc(C)c1. The van der Waals surface area contributed by atoms with Crippen LogP contribution in [0.25, 0.3) is 0 Å². The average Bonchev–Trinajstić information content (AvgIpc) is 2.27. The Hall–Kier alpha value is -0.890. The molecule has 2 nitrogen and oxygen atoms in total. The molecule has 0 aliphatic rings. The van der Waals surface area contributed by atoms with Gasteiger partial charge in [-0.25, -0.2) is 0 Å². The highest BCUT2D eigenvalue weighted by Gasteiger charge is 2.14. The summed E-state index contributed by atoms with van der Waals surface area (Å²) in [5.74, 6) is 0.771. The van der Waals surface area contributed by atoms with Crippen LogP contribution in [0.3, 0.4) is 0 Å². The fraction of sp³-hybridized carbons (Fsp3) is 0.688. The van der Waals surface area contributed by atoms with Crippen LogP contribution in [-0.4, -0.2) is 11.5 Å². The van der Waals surface area contributed by atoms with E-state index in [1.807, 2.05) is 0 Å². The van der Waals surface area contributed by atoms with E-state index in [0.29, 0.717) is 6.04 Å². The van der Waals surface area contributed by atoms with E-state index in [-0.39, 0.29) is 0 Å². The van der Waals surface area contributed by atoms with Gasteiger partial charge >= 0.3 is 0 Å². The molecule has 0 spiro atoms. The first-order valence-electron chi connectivity index (χ1n) is 7.25. The van der Waals surface area contributed by atoms with Crippen LogP contribution in [0, 0.1) is 19.8 Å². The molecule has 1 heterocycles. The molecule has 0 fully saturated rings. The van der Waals surface area contributed by atoms with Crippen LogP contribution < -0.4 is 5.32 Å². The molecule has 1 aromatic heterocycles. The number of nitrogens with zero attached hydrogens (tertiary/aromatic N) is 1. The smallest absolute Gasteiger partial charge is 0.0379 e. The Labute approximate surface area is 112 Å². The third-order valence-corrected chi connectivity index (χ3v) is 3.38. The Morgan fingerprint density at radius 3 is 2.28 bits per heavy atom. The minimum Gasteiger partial charge on any atom is -0.310 e. The molecular weight excluding hydrogens is 220 g/mol. The molecule has 0 aliphatic heterocycles. The lowest BCUT2D eigenvalue weighted by molar-refractivity contribution is 0.395. The summed E-state index contributed by atoms with van der Waals surface area (Å²) in [6.45, 7) is 12.0. The van der Waals surface area contributed by atoms with E-state index in [2.05, 4.69) is 57.1 Å². The zero-order valence-corrected chi connectivity index (χ0v) is 12.6.